The Morgan fingerprint density at radius 3 is 2.50 bits per heavy atom. The third-order valence-electron chi connectivity index (χ3n) is 3.43. The second kappa shape index (κ2) is 8.02. The summed E-state index contributed by atoms with van der Waals surface area (Å²) in [4.78, 5) is 12.0. The molecule has 4 heteroatoms. The molecule has 0 fully saturated rings. The zero-order valence-electron chi connectivity index (χ0n) is 12.1. The fourth-order valence-electron chi connectivity index (χ4n) is 2.20. The minimum atomic E-state index is -0.0717. The van der Waals surface area contributed by atoms with E-state index in [0.717, 1.165) is 12.0 Å². The molecule has 114 valence electrons. The quantitative estimate of drug-likeness (QED) is 0.733. The largest absolute Gasteiger partial charge is 0.352 e. The Hall–Kier alpha value is -1.77. The maximum absolute atomic E-state index is 12.0. The molecule has 0 heterocycles. The number of carbonyl (C=O) groups is 1. The molecule has 22 heavy (non-hydrogen) atoms. The molecule has 0 bridgehead atoms. The van der Waals surface area contributed by atoms with Crippen LogP contribution in [0.25, 0.3) is 0 Å². The molecule has 0 aliphatic heterocycles. The number of halogens is 2. The SMILES string of the molecule is C=CC(CCNC(=O)c1ccccc1)c1ccc(Cl)c(Cl)c1. The second-order valence-electron chi connectivity index (χ2n) is 4.93. The van der Waals surface area contributed by atoms with Crippen LogP contribution in [0.1, 0.15) is 28.3 Å². The van der Waals surface area contributed by atoms with Crippen molar-refractivity contribution in [3.05, 3.63) is 82.4 Å². The van der Waals surface area contributed by atoms with E-state index in [1.807, 2.05) is 36.4 Å². The summed E-state index contributed by atoms with van der Waals surface area (Å²) in [5, 5.41) is 3.97. The highest BCUT2D eigenvalue weighted by Gasteiger charge is 2.11. The summed E-state index contributed by atoms with van der Waals surface area (Å²) in [7, 11) is 0. The summed E-state index contributed by atoms with van der Waals surface area (Å²) >= 11 is 12.0. The number of nitrogens with one attached hydrogen (secondary N) is 1. The van der Waals surface area contributed by atoms with E-state index < -0.39 is 0 Å². The summed E-state index contributed by atoms with van der Waals surface area (Å²) in [5.74, 6) is 0.0448. The van der Waals surface area contributed by atoms with Crippen LogP contribution in [0.4, 0.5) is 0 Å². The van der Waals surface area contributed by atoms with Gasteiger partial charge < -0.3 is 5.32 Å². The molecule has 2 aromatic carbocycles. The van der Waals surface area contributed by atoms with Gasteiger partial charge in [-0.05, 0) is 36.2 Å². The summed E-state index contributed by atoms with van der Waals surface area (Å²) in [5.41, 5.74) is 1.70. The Kier molecular flexibility index (Phi) is 6.05. The van der Waals surface area contributed by atoms with E-state index >= 15 is 0 Å². The van der Waals surface area contributed by atoms with E-state index in [1.165, 1.54) is 0 Å². The Bertz CT molecular complexity index is 655. The lowest BCUT2D eigenvalue weighted by Gasteiger charge is -2.14. The summed E-state index contributed by atoms with van der Waals surface area (Å²) in [6.07, 6.45) is 2.61. The van der Waals surface area contributed by atoms with Gasteiger partial charge in [-0.15, -0.1) is 6.58 Å². The summed E-state index contributed by atoms with van der Waals surface area (Å²) in [6.45, 7) is 4.42. The van der Waals surface area contributed by atoms with Crippen molar-refractivity contribution in [3.8, 4) is 0 Å². The molecule has 2 nitrogen and oxygen atoms in total. The van der Waals surface area contributed by atoms with Gasteiger partial charge in [0.15, 0.2) is 0 Å². The number of rotatable bonds is 6. The van der Waals surface area contributed by atoms with Gasteiger partial charge in [0, 0.05) is 18.0 Å². The van der Waals surface area contributed by atoms with Crippen LogP contribution in [0.2, 0.25) is 10.0 Å². The predicted molar refractivity (Wildman–Crippen MR) is 92.8 cm³/mol. The first-order chi connectivity index (χ1) is 10.6. The summed E-state index contributed by atoms with van der Waals surface area (Å²) < 4.78 is 0. The molecular weight excluding hydrogens is 317 g/mol. The highest BCUT2D eigenvalue weighted by atomic mass is 35.5. The molecule has 0 saturated carbocycles. The molecule has 2 rings (SSSR count). The van der Waals surface area contributed by atoms with Crippen LogP contribution >= 0.6 is 23.2 Å². The molecule has 1 unspecified atom stereocenters. The highest BCUT2D eigenvalue weighted by Crippen LogP contribution is 2.28. The van der Waals surface area contributed by atoms with Crippen molar-refractivity contribution in [1.29, 1.82) is 0 Å². The normalized spacial score (nSPS) is 11.7. The van der Waals surface area contributed by atoms with Crippen LogP contribution < -0.4 is 5.32 Å². The lowest BCUT2D eigenvalue weighted by molar-refractivity contribution is 0.0953. The Balaban J connectivity index is 1.92. The van der Waals surface area contributed by atoms with Crippen molar-refractivity contribution in [1.82, 2.24) is 5.32 Å². The molecule has 0 saturated heterocycles. The number of carbonyl (C=O) groups excluding carboxylic acids is 1. The first kappa shape index (κ1) is 16.6. The molecule has 2 aromatic rings. The van der Waals surface area contributed by atoms with Crippen molar-refractivity contribution < 1.29 is 4.79 Å². The molecule has 0 spiro atoms. The molecule has 1 amide bonds. The van der Waals surface area contributed by atoms with E-state index in [-0.39, 0.29) is 11.8 Å². The molecule has 1 N–H and O–H groups in total. The van der Waals surface area contributed by atoms with Crippen LogP contribution in [0, 0.1) is 0 Å². The number of hydrogen-bond donors (Lipinski definition) is 1. The fourth-order valence-corrected chi connectivity index (χ4v) is 2.50. The number of benzene rings is 2. The number of hydrogen-bond acceptors (Lipinski definition) is 1. The molecule has 0 aromatic heterocycles. The van der Waals surface area contributed by atoms with Crippen molar-refractivity contribution in [2.24, 2.45) is 0 Å². The number of amides is 1. The van der Waals surface area contributed by atoms with Crippen LogP contribution in [0.15, 0.2) is 61.2 Å². The third-order valence-corrected chi connectivity index (χ3v) is 4.17. The number of allylic oxidation sites excluding steroid dienone is 1. The van der Waals surface area contributed by atoms with Crippen molar-refractivity contribution >= 4 is 29.1 Å². The van der Waals surface area contributed by atoms with Gasteiger partial charge in [-0.3, -0.25) is 4.79 Å². The minimum Gasteiger partial charge on any atom is -0.352 e. The lowest BCUT2D eigenvalue weighted by atomic mass is 9.96. The Morgan fingerprint density at radius 1 is 1.14 bits per heavy atom. The monoisotopic (exact) mass is 333 g/mol. The topological polar surface area (TPSA) is 29.1 Å². The van der Waals surface area contributed by atoms with E-state index in [1.54, 1.807) is 18.2 Å². The van der Waals surface area contributed by atoms with Crippen molar-refractivity contribution in [2.75, 3.05) is 6.54 Å². The van der Waals surface area contributed by atoms with Gasteiger partial charge in [0.2, 0.25) is 0 Å². The average Bonchev–Trinajstić information content (AvgIpc) is 2.55. The second-order valence-corrected chi connectivity index (χ2v) is 5.74. The van der Waals surface area contributed by atoms with Gasteiger partial charge in [-0.25, -0.2) is 0 Å². The highest BCUT2D eigenvalue weighted by molar-refractivity contribution is 6.42. The standard InChI is InChI=1S/C18H17Cl2NO/c1-2-13(15-8-9-16(19)17(20)12-15)10-11-21-18(22)14-6-4-3-5-7-14/h2-9,12-13H,1,10-11H2,(H,21,22). The van der Waals surface area contributed by atoms with E-state index in [4.69, 9.17) is 23.2 Å². The predicted octanol–water partition coefficient (Wildman–Crippen LogP) is 5.08. The van der Waals surface area contributed by atoms with E-state index in [9.17, 15) is 4.79 Å². The maximum atomic E-state index is 12.0. The maximum Gasteiger partial charge on any atom is 0.251 e. The molecule has 0 aliphatic rings. The smallest absolute Gasteiger partial charge is 0.251 e. The van der Waals surface area contributed by atoms with Crippen LogP contribution in [0.5, 0.6) is 0 Å². The van der Waals surface area contributed by atoms with Crippen LogP contribution in [0.3, 0.4) is 0 Å². The molecule has 1 atom stereocenters. The fraction of sp³-hybridized carbons (Fsp3) is 0.167. The first-order valence-corrected chi connectivity index (χ1v) is 7.78. The Labute approximate surface area is 140 Å². The van der Waals surface area contributed by atoms with Gasteiger partial charge in [0.25, 0.3) is 5.91 Å². The molecular formula is C18H17Cl2NO. The van der Waals surface area contributed by atoms with Crippen molar-refractivity contribution in [3.63, 3.8) is 0 Å². The van der Waals surface area contributed by atoms with E-state index in [2.05, 4.69) is 11.9 Å². The first-order valence-electron chi connectivity index (χ1n) is 7.02. The van der Waals surface area contributed by atoms with E-state index in [0.29, 0.717) is 22.2 Å². The van der Waals surface area contributed by atoms with Crippen molar-refractivity contribution in [2.45, 2.75) is 12.3 Å². The van der Waals surface area contributed by atoms with Gasteiger partial charge in [0.05, 0.1) is 10.0 Å². The van der Waals surface area contributed by atoms with Crippen LogP contribution in [-0.2, 0) is 0 Å². The Morgan fingerprint density at radius 2 is 1.86 bits per heavy atom. The van der Waals surface area contributed by atoms with Gasteiger partial charge in [0.1, 0.15) is 0 Å². The lowest BCUT2D eigenvalue weighted by Crippen LogP contribution is -2.25. The molecule has 0 aliphatic carbocycles. The average molecular weight is 334 g/mol. The zero-order valence-corrected chi connectivity index (χ0v) is 13.6. The minimum absolute atomic E-state index is 0.0717. The third kappa shape index (κ3) is 4.36. The zero-order chi connectivity index (χ0) is 15.9. The van der Waals surface area contributed by atoms with Gasteiger partial charge >= 0.3 is 0 Å². The summed E-state index contributed by atoms with van der Waals surface area (Å²) in [6, 6.07) is 14.7. The van der Waals surface area contributed by atoms with Gasteiger partial charge in [-0.2, -0.15) is 0 Å². The van der Waals surface area contributed by atoms with Crippen LogP contribution in [-0.4, -0.2) is 12.5 Å². The van der Waals surface area contributed by atoms with Gasteiger partial charge in [-0.1, -0.05) is 53.5 Å². The molecule has 0 radical (unpaired) electrons.